The molecule has 0 saturated carbocycles. The summed E-state index contributed by atoms with van der Waals surface area (Å²) in [5, 5.41) is 7.94. The molecule has 142 valence electrons. The van der Waals surface area contributed by atoms with E-state index < -0.39 is 0 Å². The first-order valence-corrected chi connectivity index (χ1v) is 10.1. The van der Waals surface area contributed by atoms with E-state index in [1.54, 1.807) is 17.1 Å². The van der Waals surface area contributed by atoms with Gasteiger partial charge in [-0.05, 0) is 42.2 Å². The number of nitrogens with zero attached hydrogens (tertiary/aromatic N) is 4. The van der Waals surface area contributed by atoms with Gasteiger partial charge in [-0.25, -0.2) is 14.6 Å². The van der Waals surface area contributed by atoms with Gasteiger partial charge in [0.15, 0.2) is 10.9 Å². The van der Waals surface area contributed by atoms with Crippen molar-refractivity contribution >= 4 is 32.6 Å². The van der Waals surface area contributed by atoms with Gasteiger partial charge in [0.1, 0.15) is 0 Å². The lowest BCUT2D eigenvalue weighted by atomic mass is 10.1. The second-order valence-corrected chi connectivity index (χ2v) is 7.86. The molecule has 6 nitrogen and oxygen atoms in total. The number of thiazole rings is 1. The maximum atomic E-state index is 13.0. The second kappa shape index (κ2) is 7.52. The number of hydrogen-bond acceptors (Lipinski definition) is 5. The van der Waals surface area contributed by atoms with Crippen LogP contribution < -0.4 is 5.32 Å². The SMILES string of the molecule is CCc1ccc2nc(NC(=O)c3cnn(-c4ccccn4)c3C(C)C)sc2c1. The van der Waals surface area contributed by atoms with Crippen LogP contribution in [0.5, 0.6) is 0 Å². The number of carbonyl (C=O) groups excluding carboxylic acids is 1. The van der Waals surface area contributed by atoms with E-state index in [-0.39, 0.29) is 11.8 Å². The van der Waals surface area contributed by atoms with E-state index in [1.165, 1.54) is 16.9 Å². The molecule has 1 amide bonds. The Morgan fingerprint density at radius 3 is 2.82 bits per heavy atom. The summed E-state index contributed by atoms with van der Waals surface area (Å²) < 4.78 is 2.80. The van der Waals surface area contributed by atoms with Gasteiger partial charge in [-0.3, -0.25) is 10.1 Å². The number of pyridine rings is 1. The average molecular weight is 392 g/mol. The third-order valence-corrected chi connectivity index (χ3v) is 5.48. The van der Waals surface area contributed by atoms with Gasteiger partial charge in [-0.2, -0.15) is 5.10 Å². The van der Waals surface area contributed by atoms with Gasteiger partial charge in [0, 0.05) is 6.20 Å². The summed E-state index contributed by atoms with van der Waals surface area (Å²) in [6.45, 7) is 6.20. The molecule has 0 radical (unpaired) electrons. The van der Waals surface area contributed by atoms with Crippen LogP contribution in [0.15, 0.2) is 48.8 Å². The minimum absolute atomic E-state index is 0.104. The molecule has 0 aliphatic rings. The summed E-state index contributed by atoms with van der Waals surface area (Å²) in [7, 11) is 0. The molecule has 0 bridgehead atoms. The molecule has 0 spiro atoms. The molecular formula is C21H21N5OS. The highest BCUT2D eigenvalue weighted by atomic mass is 32.1. The number of rotatable bonds is 5. The lowest BCUT2D eigenvalue weighted by Crippen LogP contribution is -2.15. The van der Waals surface area contributed by atoms with Crippen LogP contribution in [0.4, 0.5) is 5.13 Å². The first-order chi connectivity index (χ1) is 13.6. The molecule has 0 fully saturated rings. The molecule has 0 unspecified atom stereocenters. The number of benzene rings is 1. The molecular weight excluding hydrogens is 370 g/mol. The van der Waals surface area contributed by atoms with Crippen molar-refractivity contribution in [1.82, 2.24) is 19.7 Å². The molecule has 28 heavy (non-hydrogen) atoms. The number of hydrogen-bond donors (Lipinski definition) is 1. The number of anilines is 1. The van der Waals surface area contributed by atoms with Crippen molar-refractivity contribution in [1.29, 1.82) is 0 Å². The van der Waals surface area contributed by atoms with Gasteiger partial charge in [0.25, 0.3) is 5.91 Å². The molecule has 1 N–H and O–H groups in total. The van der Waals surface area contributed by atoms with E-state index in [0.29, 0.717) is 16.5 Å². The van der Waals surface area contributed by atoms with Crippen molar-refractivity contribution < 1.29 is 4.79 Å². The standard InChI is InChI=1S/C21H21N5OS/c1-4-14-8-9-16-17(11-14)28-21(24-16)25-20(27)15-12-23-26(19(15)13(2)3)18-7-5-6-10-22-18/h5-13H,4H2,1-3H3,(H,24,25,27). The Labute approximate surface area is 167 Å². The van der Waals surface area contributed by atoms with Crippen LogP contribution in [0.25, 0.3) is 16.0 Å². The van der Waals surface area contributed by atoms with Gasteiger partial charge < -0.3 is 0 Å². The normalized spacial score (nSPS) is 11.3. The van der Waals surface area contributed by atoms with E-state index in [1.807, 2.05) is 38.1 Å². The first-order valence-electron chi connectivity index (χ1n) is 9.27. The van der Waals surface area contributed by atoms with E-state index in [2.05, 4.69) is 39.4 Å². The topological polar surface area (TPSA) is 72.7 Å². The molecule has 0 saturated heterocycles. The lowest BCUT2D eigenvalue weighted by Gasteiger charge is -2.11. The zero-order chi connectivity index (χ0) is 19.7. The molecule has 7 heteroatoms. The second-order valence-electron chi connectivity index (χ2n) is 6.83. The van der Waals surface area contributed by atoms with E-state index >= 15 is 0 Å². The Morgan fingerprint density at radius 1 is 1.25 bits per heavy atom. The minimum Gasteiger partial charge on any atom is -0.298 e. The predicted octanol–water partition coefficient (Wildman–Crippen LogP) is 4.82. The molecule has 4 aromatic rings. The Hall–Kier alpha value is -3.06. The third-order valence-electron chi connectivity index (χ3n) is 4.55. The van der Waals surface area contributed by atoms with E-state index in [9.17, 15) is 4.79 Å². The first kappa shape index (κ1) is 18.3. The number of aromatic nitrogens is 4. The largest absolute Gasteiger partial charge is 0.298 e. The monoisotopic (exact) mass is 391 g/mol. The zero-order valence-electron chi connectivity index (χ0n) is 16.0. The van der Waals surface area contributed by atoms with Gasteiger partial charge in [-0.1, -0.05) is 44.2 Å². The maximum Gasteiger partial charge on any atom is 0.260 e. The Balaban J connectivity index is 1.66. The quantitative estimate of drug-likeness (QED) is 0.530. The van der Waals surface area contributed by atoms with Crippen molar-refractivity contribution in [3.63, 3.8) is 0 Å². The summed E-state index contributed by atoms with van der Waals surface area (Å²) in [6, 6.07) is 11.8. The molecule has 4 rings (SSSR count). The fourth-order valence-electron chi connectivity index (χ4n) is 3.16. The number of nitrogens with one attached hydrogen (secondary N) is 1. The van der Waals surface area contributed by atoms with Crippen LogP contribution in [0.2, 0.25) is 0 Å². The van der Waals surface area contributed by atoms with E-state index in [4.69, 9.17) is 0 Å². The van der Waals surface area contributed by atoms with Crippen LogP contribution in [0, 0.1) is 0 Å². The Morgan fingerprint density at radius 2 is 2.11 bits per heavy atom. The fraction of sp³-hybridized carbons (Fsp3) is 0.238. The summed E-state index contributed by atoms with van der Waals surface area (Å²) in [4.78, 5) is 21.9. The molecule has 0 aliphatic carbocycles. The zero-order valence-corrected chi connectivity index (χ0v) is 16.8. The van der Waals surface area contributed by atoms with Gasteiger partial charge in [0.2, 0.25) is 0 Å². The van der Waals surface area contributed by atoms with Crippen molar-refractivity contribution in [2.24, 2.45) is 0 Å². The summed E-state index contributed by atoms with van der Waals surface area (Å²) in [6.07, 6.45) is 4.29. The average Bonchev–Trinajstić information content (AvgIpc) is 3.31. The third kappa shape index (κ3) is 3.41. The van der Waals surface area contributed by atoms with Crippen molar-refractivity contribution in [2.45, 2.75) is 33.1 Å². The minimum atomic E-state index is -0.208. The van der Waals surface area contributed by atoms with Crippen molar-refractivity contribution in [3.05, 3.63) is 65.6 Å². The highest BCUT2D eigenvalue weighted by Gasteiger charge is 2.22. The molecule has 0 aliphatic heterocycles. The number of amides is 1. The van der Waals surface area contributed by atoms with Crippen LogP contribution in [0.1, 0.15) is 48.3 Å². The molecule has 3 heterocycles. The van der Waals surface area contributed by atoms with Gasteiger partial charge >= 0.3 is 0 Å². The Kier molecular flexibility index (Phi) is 4.92. The van der Waals surface area contributed by atoms with Crippen molar-refractivity contribution in [3.8, 4) is 5.82 Å². The van der Waals surface area contributed by atoms with Crippen LogP contribution >= 0.6 is 11.3 Å². The van der Waals surface area contributed by atoms with Crippen molar-refractivity contribution in [2.75, 3.05) is 5.32 Å². The number of aryl methyl sites for hydroxylation is 1. The highest BCUT2D eigenvalue weighted by molar-refractivity contribution is 7.22. The van der Waals surface area contributed by atoms with Gasteiger partial charge in [0.05, 0.1) is 27.7 Å². The van der Waals surface area contributed by atoms with Gasteiger partial charge in [-0.15, -0.1) is 0 Å². The Bertz CT molecular complexity index is 1130. The fourth-order valence-corrected chi connectivity index (χ4v) is 4.08. The van der Waals surface area contributed by atoms with Crippen LogP contribution in [-0.4, -0.2) is 25.7 Å². The molecule has 0 atom stereocenters. The maximum absolute atomic E-state index is 13.0. The summed E-state index contributed by atoms with van der Waals surface area (Å²) >= 11 is 1.48. The number of carbonyl (C=O) groups is 1. The highest BCUT2D eigenvalue weighted by Crippen LogP contribution is 2.28. The predicted molar refractivity (Wildman–Crippen MR) is 112 cm³/mol. The lowest BCUT2D eigenvalue weighted by molar-refractivity contribution is 0.102. The smallest absolute Gasteiger partial charge is 0.260 e. The molecule has 3 aromatic heterocycles. The summed E-state index contributed by atoms with van der Waals surface area (Å²) in [5.41, 5.74) is 3.51. The number of fused-ring (bicyclic) bond motifs is 1. The van der Waals surface area contributed by atoms with E-state index in [0.717, 1.165) is 22.3 Å². The van der Waals surface area contributed by atoms with Crippen LogP contribution in [0.3, 0.4) is 0 Å². The van der Waals surface area contributed by atoms with Crippen LogP contribution in [-0.2, 0) is 6.42 Å². The summed E-state index contributed by atoms with van der Waals surface area (Å²) in [5.74, 6) is 0.589. The molecule has 1 aromatic carbocycles.